The molecule has 0 N–H and O–H groups in total. The molecule has 1 aromatic heterocycles. The molecule has 0 saturated carbocycles. The molecule has 0 bridgehead atoms. The number of rotatable bonds is 6. The zero-order valence-electron chi connectivity index (χ0n) is 16.0. The second kappa shape index (κ2) is 7.95. The molecular formula is C23H27N3O. The molecule has 27 heavy (non-hydrogen) atoms. The van der Waals surface area contributed by atoms with E-state index in [0.717, 1.165) is 50.1 Å². The Balaban J connectivity index is 1.62. The minimum absolute atomic E-state index is 0.113. The van der Waals surface area contributed by atoms with Gasteiger partial charge in [0.25, 0.3) is 0 Å². The van der Waals surface area contributed by atoms with E-state index < -0.39 is 0 Å². The third kappa shape index (κ3) is 3.61. The van der Waals surface area contributed by atoms with Crippen molar-refractivity contribution in [1.82, 2.24) is 14.5 Å². The van der Waals surface area contributed by atoms with Crippen LogP contribution in [0.4, 0.5) is 0 Å². The Bertz CT molecular complexity index is 916. The standard InChI is InChI=1S/C23H27N3O/c1-2-22(27)25-16-9-15-21(25)23-24-19-13-6-7-14-20(19)26(23)17-8-12-18-10-4-3-5-11-18/h3-7,10-11,13-14,21H,2,8-9,12,15-17H2,1H3/t21-/m1/s1. The van der Waals surface area contributed by atoms with E-state index in [9.17, 15) is 4.79 Å². The maximum absolute atomic E-state index is 12.4. The first-order valence-corrected chi connectivity index (χ1v) is 10.1. The third-order valence-electron chi connectivity index (χ3n) is 5.55. The number of carbonyl (C=O) groups is 1. The molecule has 1 amide bonds. The van der Waals surface area contributed by atoms with E-state index in [2.05, 4.69) is 53.1 Å². The molecule has 0 unspecified atom stereocenters. The van der Waals surface area contributed by atoms with E-state index in [0.29, 0.717) is 6.42 Å². The lowest BCUT2D eigenvalue weighted by atomic mass is 10.1. The van der Waals surface area contributed by atoms with Crippen LogP contribution in [0.5, 0.6) is 0 Å². The first-order valence-electron chi connectivity index (χ1n) is 10.1. The molecule has 1 fully saturated rings. The van der Waals surface area contributed by atoms with Gasteiger partial charge in [-0.1, -0.05) is 49.4 Å². The molecule has 4 nitrogen and oxygen atoms in total. The number of nitrogens with zero attached hydrogens (tertiary/aromatic N) is 3. The maximum Gasteiger partial charge on any atom is 0.222 e. The molecule has 0 radical (unpaired) electrons. The number of amides is 1. The Morgan fingerprint density at radius 1 is 1.11 bits per heavy atom. The maximum atomic E-state index is 12.4. The van der Waals surface area contributed by atoms with Crippen LogP contribution in [-0.2, 0) is 17.8 Å². The monoisotopic (exact) mass is 361 g/mol. The molecule has 0 aliphatic carbocycles. The van der Waals surface area contributed by atoms with Gasteiger partial charge in [0.2, 0.25) is 5.91 Å². The van der Waals surface area contributed by atoms with E-state index in [1.54, 1.807) is 0 Å². The van der Waals surface area contributed by atoms with Gasteiger partial charge in [-0.3, -0.25) is 4.79 Å². The number of hydrogen-bond donors (Lipinski definition) is 0. The van der Waals surface area contributed by atoms with Crippen molar-refractivity contribution >= 4 is 16.9 Å². The third-order valence-corrected chi connectivity index (χ3v) is 5.55. The van der Waals surface area contributed by atoms with Crippen LogP contribution in [-0.4, -0.2) is 26.9 Å². The highest BCUT2D eigenvalue weighted by molar-refractivity contribution is 5.78. The van der Waals surface area contributed by atoms with Crippen molar-refractivity contribution in [2.75, 3.05) is 6.54 Å². The van der Waals surface area contributed by atoms with Gasteiger partial charge in [-0.2, -0.15) is 0 Å². The number of likely N-dealkylation sites (tertiary alicyclic amines) is 1. The van der Waals surface area contributed by atoms with E-state index >= 15 is 0 Å². The van der Waals surface area contributed by atoms with Crippen molar-refractivity contribution in [3.8, 4) is 0 Å². The van der Waals surface area contributed by atoms with Crippen LogP contribution < -0.4 is 0 Å². The van der Waals surface area contributed by atoms with Crippen molar-refractivity contribution in [3.05, 3.63) is 66.0 Å². The molecule has 2 aromatic carbocycles. The summed E-state index contributed by atoms with van der Waals surface area (Å²) in [6.45, 7) is 3.72. The molecule has 1 atom stereocenters. The summed E-state index contributed by atoms with van der Waals surface area (Å²) >= 11 is 0. The smallest absolute Gasteiger partial charge is 0.222 e. The zero-order valence-corrected chi connectivity index (χ0v) is 16.0. The number of imidazole rings is 1. The summed E-state index contributed by atoms with van der Waals surface area (Å²) in [5.41, 5.74) is 3.58. The number of aryl methyl sites for hydroxylation is 2. The number of aromatic nitrogens is 2. The first kappa shape index (κ1) is 17.8. The molecule has 4 rings (SSSR count). The Morgan fingerprint density at radius 3 is 2.70 bits per heavy atom. The van der Waals surface area contributed by atoms with Crippen molar-refractivity contribution in [3.63, 3.8) is 0 Å². The van der Waals surface area contributed by atoms with Gasteiger partial charge in [-0.25, -0.2) is 4.98 Å². The Hall–Kier alpha value is -2.62. The van der Waals surface area contributed by atoms with Gasteiger partial charge in [0, 0.05) is 19.5 Å². The van der Waals surface area contributed by atoms with Gasteiger partial charge in [-0.15, -0.1) is 0 Å². The van der Waals surface area contributed by atoms with Crippen LogP contribution in [0.25, 0.3) is 11.0 Å². The zero-order chi connectivity index (χ0) is 18.6. The van der Waals surface area contributed by atoms with Gasteiger partial charge < -0.3 is 9.47 Å². The summed E-state index contributed by atoms with van der Waals surface area (Å²) < 4.78 is 2.35. The number of para-hydroxylation sites is 2. The lowest BCUT2D eigenvalue weighted by molar-refractivity contribution is -0.131. The van der Waals surface area contributed by atoms with Crippen molar-refractivity contribution in [2.24, 2.45) is 0 Å². The largest absolute Gasteiger partial charge is 0.333 e. The summed E-state index contributed by atoms with van der Waals surface area (Å²) in [4.78, 5) is 19.4. The summed E-state index contributed by atoms with van der Waals surface area (Å²) in [6.07, 6.45) is 4.74. The fraction of sp³-hybridized carbons (Fsp3) is 0.391. The van der Waals surface area contributed by atoms with E-state index in [1.165, 1.54) is 11.1 Å². The van der Waals surface area contributed by atoms with Crippen molar-refractivity contribution in [1.29, 1.82) is 0 Å². The fourth-order valence-electron chi connectivity index (χ4n) is 4.21. The summed E-state index contributed by atoms with van der Waals surface area (Å²) in [5, 5.41) is 0. The van der Waals surface area contributed by atoms with Gasteiger partial charge in [0.15, 0.2) is 0 Å². The Morgan fingerprint density at radius 2 is 1.89 bits per heavy atom. The molecule has 1 aliphatic heterocycles. The SMILES string of the molecule is CCC(=O)N1CCC[C@@H]1c1nc2ccccc2n1CCCc1ccccc1. The number of carbonyl (C=O) groups excluding carboxylic acids is 1. The summed E-state index contributed by atoms with van der Waals surface area (Å²) in [7, 11) is 0. The molecule has 1 saturated heterocycles. The lowest BCUT2D eigenvalue weighted by Crippen LogP contribution is -2.31. The minimum atomic E-state index is 0.113. The van der Waals surface area contributed by atoms with Crippen LogP contribution in [0.15, 0.2) is 54.6 Å². The Kier molecular flexibility index (Phi) is 5.23. The molecule has 140 valence electrons. The average Bonchev–Trinajstić information content (AvgIpc) is 3.33. The minimum Gasteiger partial charge on any atom is -0.333 e. The Labute approximate surface area is 160 Å². The van der Waals surface area contributed by atoms with Gasteiger partial charge in [-0.05, 0) is 43.4 Å². The normalized spacial score (nSPS) is 16.9. The van der Waals surface area contributed by atoms with Crippen molar-refractivity contribution in [2.45, 2.75) is 51.6 Å². The number of benzene rings is 2. The quantitative estimate of drug-likeness (QED) is 0.636. The molecule has 4 heteroatoms. The molecule has 1 aliphatic rings. The molecule has 2 heterocycles. The van der Waals surface area contributed by atoms with Crippen LogP contribution in [0.1, 0.15) is 50.0 Å². The molecule has 0 spiro atoms. The highest BCUT2D eigenvalue weighted by Crippen LogP contribution is 2.34. The predicted octanol–water partition coefficient (Wildman–Crippen LogP) is 4.74. The second-order valence-electron chi connectivity index (χ2n) is 7.30. The van der Waals surface area contributed by atoms with Crippen LogP contribution in [0.2, 0.25) is 0 Å². The average molecular weight is 361 g/mol. The van der Waals surface area contributed by atoms with E-state index in [1.807, 2.05) is 17.9 Å². The van der Waals surface area contributed by atoms with Gasteiger partial charge in [0.05, 0.1) is 17.1 Å². The van der Waals surface area contributed by atoms with Crippen LogP contribution >= 0.6 is 0 Å². The van der Waals surface area contributed by atoms with E-state index in [-0.39, 0.29) is 11.9 Å². The highest BCUT2D eigenvalue weighted by atomic mass is 16.2. The molecule has 3 aromatic rings. The fourth-order valence-corrected chi connectivity index (χ4v) is 4.21. The molecular weight excluding hydrogens is 334 g/mol. The first-order chi connectivity index (χ1) is 13.3. The summed E-state index contributed by atoms with van der Waals surface area (Å²) in [6, 6.07) is 19.1. The summed E-state index contributed by atoms with van der Waals surface area (Å²) in [5.74, 6) is 1.30. The van der Waals surface area contributed by atoms with Crippen molar-refractivity contribution < 1.29 is 4.79 Å². The predicted molar refractivity (Wildman–Crippen MR) is 108 cm³/mol. The topological polar surface area (TPSA) is 38.1 Å². The van der Waals surface area contributed by atoms with Gasteiger partial charge in [0.1, 0.15) is 5.82 Å². The lowest BCUT2D eigenvalue weighted by Gasteiger charge is -2.25. The van der Waals surface area contributed by atoms with Crippen LogP contribution in [0, 0.1) is 0 Å². The highest BCUT2D eigenvalue weighted by Gasteiger charge is 2.32. The second-order valence-corrected chi connectivity index (χ2v) is 7.30. The number of hydrogen-bond acceptors (Lipinski definition) is 2. The number of fused-ring (bicyclic) bond motifs is 1. The van der Waals surface area contributed by atoms with Crippen LogP contribution in [0.3, 0.4) is 0 Å². The van der Waals surface area contributed by atoms with Gasteiger partial charge >= 0.3 is 0 Å². The van der Waals surface area contributed by atoms with E-state index in [4.69, 9.17) is 4.98 Å².